The molecule has 8 heteroatoms. The number of amides is 4. The molecule has 2 fully saturated rings. The number of carbonyl (C=O) groups is 3. The molecule has 2 aromatic rings. The van der Waals surface area contributed by atoms with Crippen molar-refractivity contribution < 1.29 is 14.4 Å². The molecule has 2 unspecified atom stereocenters. The molecule has 148 valence electrons. The number of thiocarbonyl (C=S) groups is 1. The van der Waals surface area contributed by atoms with E-state index in [1.54, 1.807) is 0 Å². The highest BCUT2D eigenvalue weighted by Crippen LogP contribution is 2.50. The van der Waals surface area contributed by atoms with Crippen molar-refractivity contribution in [3.05, 3.63) is 71.8 Å². The van der Waals surface area contributed by atoms with Gasteiger partial charge in [0.25, 0.3) is 11.8 Å². The van der Waals surface area contributed by atoms with Crippen LogP contribution in [0.5, 0.6) is 0 Å². The van der Waals surface area contributed by atoms with Gasteiger partial charge in [-0.1, -0.05) is 60.7 Å². The summed E-state index contributed by atoms with van der Waals surface area (Å²) in [6, 6.07) is 16.3. The molecule has 29 heavy (non-hydrogen) atoms. The summed E-state index contributed by atoms with van der Waals surface area (Å²) in [6.45, 7) is 0. The zero-order valence-electron chi connectivity index (χ0n) is 16.0. The lowest BCUT2D eigenvalue weighted by Crippen LogP contribution is -2.73. The normalized spacial score (nSPS) is 23.8. The Hall–Kier alpha value is -3.26. The molecule has 0 saturated carbocycles. The highest BCUT2D eigenvalue weighted by atomic mass is 32.1. The van der Waals surface area contributed by atoms with Crippen molar-refractivity contribution in [1.29, 1.82) is 0 Å². The molecule has 0 bridgehead atoms. The number of benzene rings is 2. The fourth-order valence-corrected chi connectivity index (χ4v) is 4.46. The number of barbiturate groups is 1. The van der Waals surface area contributed by atoms with Crippen molar-refractivity contribution in [2.75, 3.05) is 14.1 Å². The lowest BCUT2D eigenvalue weighted by molar-refractivity contribution is -0.163. The molecule has 2 N–H and O–H groups in total. The van der Waals surface area contributed by atoms with Crippen LogP contribution >= 0.6 is 12.2 Å². The maximum atomic E-state index is 13.7. The summed E-state index contributed by atoms with van der Waals surface area (Å²) in [4.78, 5) is 41.8. The van der Waals surface area contributed by atoms with Crippen LogP contribution in [0.3, 0.4) is 0 Å². The average Bonchev–Trinajstić information content (AvgIpc) is 2.76. The van der Waals surface area contributed by atoms with Gasteiger partial charge in [-0.05, 0) is 23.3 Å². The first-order valence-corrected chi connectivity index (χ1v) is 9.57. The minimum Gasteiger partial charge on any atom is -0.354 e. The topological polar surface area (TPSA) is 81.8 Å². The van der Waals surface area contributed by atoms with Crippen LogP contribution in [-0.4, -0.2) is 46.9 Å². The molecule has 2 heterocycles. The molecular weight excluding hydrogens is 388 g/mol. The third-order valence-electron chi connectivity index (χ3n) is 5.62. The Kier molecular flexibility index (Phi) is 4.58. The van der Waals surface area contributed by atoms with Crippen molar-refractivity contribution in [2.24, 2.45) is 5.41 Å². The van der Waals surface area contributed by atoms with Crippen LogP contribution in [0, 0.1) is 5.41 Å². The largest absolute Gasteiger partial charge is 0.354 e. The van der Waals surface area contributed by atoms with Gasteiger partial charge < -0.3 is 10.6 Å². The predicted octanol–water partition coefficient (Wildman–Crippen LogP) is 1.98. The number of nitrogens with one attached hydrogen (secondary N) is 2. The Bertz CT molecular complexity index is 918. The standard InChI is InChI=1S/C21H20N4O3S/c1-24-17(26)21(18(27)25(2)20(24)28)15(13-9-5-3-6-10-13)22-19(29)23-16(21)14-11-7-4-8-12-14/h3-12,15-16H,1-2H3,(H2,22,23,29). The van der Waals surface area contributed by atoms with Crippen LogP contribution in [-0.2, 0) is 9.59 Å². The number of urea groups is 1. The third-order valence-corrected chi connectivity index (χ3v) is 5.85. The lowest BCUT2D eigenvalue weighted by Gasteiger charge is -2.52. The smallest absolute Gasteiger partial charge is 0.332 e. The molecule has 1 spiro atoms. The van der Waals surface area contributed by atoms with Gasteiger partial charge in [0.15, 0.2) is 10.5 Å². The van der Waals surface area contributed by atoms with E-state index in [2.05, 4.69) is 10.6 Å². The highest BCUT2D eigenvalue weighted by molar-refractivity contribution is 7.80. The molecule has 2 saturated heterocycles. The maximum absolute atomic E-state index is 13.7. The first-order valence-electron chi connectivity index (χ1n) is 9.16. The van der Waals surface area contributed by atoms with E-state index in [0.717, 1.165) is 20.9 Å². The van der Waals surface area contributed by atoms with E-state index < -0.39 is 35.3 Å². The molecule has 7 nitrogen and oxygen atoms in total. The Morgan fingerprint density at radius 2 is 1.14 bits per heavy atom. The predicted molar refractivity (Wildman–Crippen MR) is 111 cm³/mol. The van der Waals surface area contributed by atoms with E-state index in [0.29, 0.717) is 5.11 Å². The van der Waals surface area contributed by atoms with Crippen LogP contribution < -0.4 is 10.6 Å². The maximum Gasteiger partial charge on any atom is 0.332 e. The van der Waals surface area contributed by atoms with Crippen molar-refractivity contribution >= 4 is 35.2 Å². The first-order chi connectivity index (χ1) is 13.9. The van der Waals surface area contributed by atoms with E-state index in [9.17, 15) is 14.4 Å². The van der Waals surface area contributed by atoms with Gasteiger partial charge in [-0.2, -0.15) is 0 Å². The SMILES string of the molecule is CN1C(=O)N(C)C(=O)C2(C1=O)C(c1ccccc1)NC(=S)NC2c1ccccc1. The Morgan fingerprint density at radius 3 is 1.52 bits per heavy atom. The van der Waals surface area contributed by atoms with Crippen LogP contribution in [0.1, 0.15) is 23.2 Å². The Balaban J connectivity index is 2.00. The number of rotatable bonds is 2. The van der Waals surface area contributed by atoms with Crippen LogP contribution in [0.25, 0.3) is 0 Å². The molecule has 0 radical (unpaired) electrons. The summed E-state index contributed by atoms with van der Waals surface area (Å²) >= 11 is 5.43. The number of hydrogen-bond donors (Lipinski definition) is 2. The van der Waals surface area contributed by atoms with Crippen molar-refractivity contribution in [3.63, 3.8) is 0 Å². The number of carbonyl (C=O) groups excluding carboxylic acids is 3. The van der Waals surface area contributed by atoms with E-state index in [1.165, 1.54) is 14.1 Å². The van der Waals surface area contributed by atoms with Crippen molar-refractivity contribution in [3.8, 4) is 0 Å². The molecule has 2 atom stereocenters. The summed E-state index contributed by atoms with van der Waals surface area (Å²) in [5.74, 6) is -1.15. The summed E-state index contributed by atoms with van der Waals surface area (Å²) in [5.41, 5.74) is -0.173. The summed E-state index contributed by atoms with van der Waals surface area (Å²) in [6.07, 6.45) is 0. The van der Waals surface area contributed by atoms with E-state index >= 15 is 0 Å². The van der Waals surface area contributed by atoms with Crippen LogP contribution in [0.15, 0.2) is 60.7 Å². The van der Waals surface area contributed by atoms with Crippen molar-refractivity contribution in [1.82, 2.24) is 20.4 Å². The zero-order valence-corrected chi connectivity index (χ0v) is 16.8. The third kappa shape index (κ3) is 2.71. The molecule has 4 rings (SSSR count). The molecular formula is C21H20N4O3S. The summed E-state index contributed by atoms with van der Waals surface area (Å²) < 4.78 is 0. The Morgan fingerprint density at radius 1 is 0.759 bits per heavy atom. The highest BCUT2D eigenvalue weighted by Gasteiger charge is 2.66. The molecule has 2 aliphatic heterocycles. The summed E-state index contributed by atoms with van der Waals surface area (Å²) in [7, 11) is 2.79. The van der Waals surface area contributed by atoms with Gasteiger partial charge in [-0.3, -0.25) is 19.4 Å². The zero-order chi connectivity index (χ0) is 20.8. The minimum atomic E-state index is -1.64. The Labute approximate surface area is 173 Å². The summed E-state index contributed by atoms with van der Waals surface area (Å²) in [5, 5.41) is 6.58. The van der Waals surface area contributed by atoms with Gasteiger partial charge in [0.1, 0.15) is 0 Å². The van der Waals surface area contributed by atoms with Crippen molar-refractivity contribution in [2.45, 2.75) is 12.1 Å². The lowest BCUT2D eigenvalue weighted by atomic mass is 9.65. The quantitative estimate of drug-likeness (QED) is 0.584. The first kappa shape index (κ1) is 19.1. The number of hydrogen-bond acceptors (Lipinski definition) is 4. The van der Waals surface area contributed by atoms with Gasteiger partial charge in [0.2, 0.25) is 0 Å². The van der Waals surface area contributed by atoms with Gasteiger partial charge in [-0.15, -0.1) is 0 Å². The fraction of sp³-hybridized carbons (Fsp3) is 0.238. The van der Waals surface area contributed by atoms with Gasteiger partial charge in [0, 0.05) is 14.1 Å². The average molecular weight is 408 g/mol. The van der Waals surface area contributed by atoms with Crippen LogP contribution in [0.2, 0.25) is 0 Å². The second-order valence-corrected chi connectivity index (χ2v) is 7.59. The fourth-order valence-electron chi connectivity index (χ4n) is 4.22. The van der Waals surface area contributed by atoms with E-state index in [4.69, 9.17) is 12.2 Å². The molecule has 4 amide bonds. The molecule has 0 aromatic heterocycles. The number of imide groups is 2. The van der Waals surface area contributed by atoms with Gasteiger partial charge in [0.05, 0.1) is 12.1 Å². The molecule has 2 aromatic carbocycles. The van der Waals surface area contributed by atoms with E-state index in [1.807, 2.05) is 60.7 Å². The number of nitrogens with zero attached hydrogens (tertiary/aromatic N) is 2. The second-order valence-electron chi connectivity index (χ2n) is 7.19. The van der Waals surface area contributed by atoms with Crippen LogP contribution in [0.4, 0.5) is 4.79 Å². The van der Waals surface area contributed by atoms with E-state index in [-0.39, 0.29) is 0 Å². The molecule has 0 aliphatic carbocycles. The monoisotopic (exact) mass is 408 g/mol. The van der Waals surface area contributed by atoms with Gasteiger partial charge in [-0.25, -0.2) is 4.79 Å². The molecule has 2 aliphatic rings. The van der Waals surface area contributed by atoms with Gasteiger partial charge >= 0.3 is 6.03 Å². The second kappa shape index (κ2) is 6.97. The minimum absolute atomic E-state index is 0.334.